The number of aromatic nitrogens is 2. The maximum atomic E-state index is 5.79. The molecule has 6 nitrogen and oxygen atoms in total. The van der Waals surface area contributed by atoms with Crippen LogP contribution in [0.1, 0.15) is 17.8 Å². The highest BCUT2D eigenvalue weighted by Gasteiger charge is 2.26. The van der Waals surface area contributed by atoms with Crippen molar-refractivity contribution in [2.45, 2.75) is 12.6 Å². The second kappa shape index (κ2) is 5.63. The first kappa shape index (κ1) is 12.5. The van der Waals surface area contributed by atoms with E-state index in [-0.39, 0.29) is 6.10 Å². The van der Waals surface area contributed by atoms with Gasteiger partial charge >= 0.3 is 0 Å². The summed E-state index contributed by atoms with van der Waals surface area (Å²) >= 11 is 0. The third kappa shape index (κ3) is 2.58. The van der Waals surface area contributed by atoms with E-state index in [1.54, 1.807) is 0 Å². The zero-order valence-corrected chi connectivity index (χ0v) is 10.7. The fourth-order valence-electron chi connectivity index (χ4n) is 1.86. The van der Waals surface area contributed by atoms with Crippen molar-refractivity contribution in [2.24, 2.45) is 0 Å². The van der Waals surface area contributed by atoms with E-state index < -0.39 is 0 Å². The van der Waals surface area contributed by atoms with Gasteiger partial charge < -0.3 is 14.0 Å². The second-order valence-electron chi connectivity index (χ2n) is 4.22. The van der Waals surface area contributed by atoms with Crippen LogP contribution in [0.2, 0.25) is 0 Å². The Morgan fingerprint density at radius 1 is 1.35 bits per heavy atom. The first-order valence-corrected chi connectivity index (χ1v) is 6.22. The molecule has 0 amide bonds. The molecule has 3 rings (SSSR count). The molecule has 0 aliphatic carbocycles. The van der Waals surface area contributed by atoms with Gasteiger partial charge in [-0.25, -0.2) is 0 Å². The van der Waals surface area contributed by atoms with Crippen LogP contribution < -0.4 is 14.8 Å². The van der Waals surface area contributed by atoms with E-state index in [0.29, 0.717) is 37.2 Å². The summed E-state index contributed by atoms with van der Waals surface area (Å²) in [6.45, 7) is 1.24. The van der Waals surface area contributed by atoms with Crippen LogP contribution in [-0.2, 0) is 6.54 Å². The number of benzene rings is 1. The van der Waals surface area contributed by atoms with Crippen molar-refractivity contribution in [1.29, 1.82) is 0 Å². The minimum absolute atomic E-state index is 0.355. The molecule has 1 aromatic heterocycles. The molecular weight excluding hydrogens is 258 g/mol. The molecule has 102 valence electrons. The van der Waals surface area contributed by atoms with Crippen LogP contribution in [0.4, 0.5) is 0 Å². The van der Waals surface area contributed by atoms with Crippen molar-refractivity contribution >= 4 is 0 Å². The molecule has 1 unspecified atom stereocenters. The fraction of sp³-hybridized carbons (Fsp3) is 0.286. The lowest BCUT2D eigenvalue weighted by molar-refractivity contribution is 0.0832. The predicted octanol–water partition coefficient (Wildman–Crippen LogP) is 1.30. The average molecular weight is 271 g/mol. The van der Waals surface area contributed by atoms with E-state index in [0.717, 1.165) is 5.75 Å². The van der Waals surface area contributed by atoms with Crippen LogP contribution in [-0.4, -0.2) is 23.3 Å². The molecule has 0 fully saturated rings. The molecule has 6 heteroatoms. The highest BCUT2D eigenvalue weighted by Crippen LogP contribution is 2.34. The maximum Gasteiger partial charge on any atom is 0.240 e. The van der Waals surface area contributed by atoms with E-state index in [2.05, 4.69) is 21.4 Å². The van der Waals surface area contributed by atoms with Gasteiger partial charge in [0.25, 0.3) is 0 Å². The van der Waals surface area contributed by atoms with Gasteiger partial charge in [0.1, 0.15) is 6.61 Å². The van der Waals surface area contributed by atoms with Crippen molar-refractivity contribution in [1.82, 2.24) is 15.5 Å². The number of hydrogen-bond donors (Lipinski definition) is 1. The number of hydrogen-bond acceptors (Lipinski definition) is 6. The Hall–Kier alpha value is -2.52. The van der Waals surface area contributed by atoms with E-state index in [1.807, 2.05) is 24.3 Å². The third-order valence-corrected chi connectivity index (χ3v) is 2.78. The Bertz CT molecular complexity index is 633. The van der Waals surface area contributed by atoms with Crippen molar-refractivity contribution in [3.8, 4) is 23.8 Å². The van der Waals surface area contributed by atoms with Crippen molar-refractivity contribution < 1.29 is 14.0 Å². The van der Waals surface area contributed by atoms with Gasteiger partial charge in [0.2, 0.25) is 11.7 Å². The SMILES string of the molecule is C#CCNCc1nc(C2COc3ccccc3O2)no1. The molecule has 2 aromatic rings. The van der Waals surface area contributed by atoms with Crippen molar-refractivity contribution in [3.05, 3.63) is 36.0 Å². The number of ether oxygens (including phenoxy) is 2. The Morgan fingerprint density at radius 2 is 2.20 bits per heavy atom. The zero-order chi connectivity index (χ0) is 13.8. The Morgan fingerprint density at radius 3 is 3.05 bits per heavy atom. The monoisotopic (exact) mass is 271 g/mol. The molecule has 1 atom stereocenters. The van der Waals surface area contributed by atoms with Gasteiger partial charge in [-0.3, -0.25) is 5.32 Å². The van der Waals surface area contributed by atoms with Gasteiger partial charge in [-0.1, -0.05) is 23.2 Å². The van der Waals surface area contributed by atoms with E-state index in [1.165, 1.54) is 0 Å². The third-order valence-electron chi connectivity index (χ3n) is 2.78. The van der Waals surface area contributed by atoms with E-state index in [9.17, 15) is 0 Å². The lowest BCUT2D eigenvalue weighted by Gasteiger charge is -2.24. The standard InChI is InChI=1S/C14H13N3O3/c1-2-7-15-8-13-16-14(17-20-13)12-9-18-10-5-3-4-6-11(10)19-12/h1,3-6,12,15H,7-9H2. The minimum atomic E-state index is -0.366. The summed E-state index contributed by atoms with van der Waals surface area (Å²) in [4.78, 5) is 4.26. The molecule has 0 radical (unpaired) electrons. The number of fused-ring (bicyclic) bond motifs is 1. The topological polar surface area (TPSA) is 69.4 Å². The van der Waals surface area contributed by atoms with Gasteiger partial charge in [0, 0.05) is 0 Å². The van der Waals surface area contributed by atoms with Crippen molar-refractivity contribution in [3.63, 3.8) is 0 Å². The number of rotatable bonds is 4. The molecule has 2 heterocycles. The van der Waals surface area contributed by atoms with Gasteiger partial charge in [0.05, 0.1) is 13.1 Å². The largest absolute Gasteiger partial charge is 0.485 e. The number of para-hydroxylation sites is 2. The van der Waals surface area contributed by atoms with E-state index >= 15 is 0 Å². The van der Waals surface area contributed by atoms with Crippen LogP contribution in [0.3, 0.4) is 0 Å². The van der Waals surface area contributed by atoms with Gasteiger partial charge in [-0.2, -0.15) is 4.98 Å². The fourth-order valence-corrected chi connectivity index (χ4v) is 1.86. The van der Waals surface area contributed by atoms with Gasteiger partial charge in [-0.15, -0.1) is 6.42 Å². The highest BCUT2D eigenvalue weighted by atomic mass is 16.6. The smallest absolute Gasteiger partial charge is 0.240 e. The summed E-state index contributed by atoms with van der Waals surface area (Å²) in [5, 5.41) is 6.89. The number of nitrogens with one attached hydrogen (secondary N) is 1. The zero-order valence-electron chi connectivity index (χ0n) is 10.7. The summed E-state index contributed by atoms with van der Waals surface area (Å²) in [5.74, 6) is 4.82. The average Bonchev–Trinajstić information content (AvgIpc) is 2.96. The van der Waals surface area contributed by atoms with Gasteiger partial charge in [-0.05, 0) is 12.1 Å². The summed E-state index contributed by atoms with van der Waals surface area (Å²) in [7, 11) is 0. The molecule has 0 saturated carbocycles. The summed E-state index contributed by atoms with van der Waals surface area (Å²) in [5.41, 5.74) is 0. The summed E-state index contributed by atoms with van der Waals surface area (Å²) in [6.07, 6.45) is 4.78. The minimum Gasteiger partial charge on any atom is -0.485 e. The van der Waals surface area contributed by atoms with Crippen LogP contribution in [0.25, 0.3) is 0 Å². The van der Waals surface area contributed by atoms with Crippen LogP contribution in [0.15, 0.2) is 28.8 Å². The Balaban J connectivity index is 1.67. The van der Waals surface area contributed by atoms with Crippen LogP contribution >= 0.6 is 0 Å². The molecule has 0 saturated heterocycles. The van der Waals surface area contributed by atoms with Crippen LogP contribution in [0, 0.1) is 12.3 Å². The first-order valence-electron chi connectivity index (χ1n) is 6.22. The maximum absolute atomic E-state index is 5.79. The normalized spacial score (nSPS) is 16.6. The molecule has 0 spiro atoms. The Kier molecular flexibility index (Phi) is 3.52. The van der Waals surface area contributed by atoms with Crippen LogP contribution in [0.5, 0.6) is 11.5 Å². The van der Waals surface area contributed by atoms with E-state index in [4.69, 9.17) is 20.4 Å². The molecule has 1 aromatic carbocycles. The Labute approximate surface area is 116 Å². The summed E-state index contributed by atoms with van der Waals surface area (Å²) in [6, 6.07) is 7.48. The molecular formula is C14H13N3O3. The number of nitrogens with zero attached hydrogens (tertiary/aromatic N) is 2. The molecule has 1 N–H and O–H groups in total. The number of terminal acetylenes is 1. The molecule has 20 heavy (non-hydrogen) atoms. The lowest BCUT2D eigenvalue weighted by atomic mass is 10.2. The second-order valence-corrected chi connectivity index (χ2v) is 4.22. The quantitative estimate of drug-likeness (QED) is 0.668. The highest BCUT2D eigenvalue weighted by molar-refractivity contribution is 5.40. The lowest BCUT2D eigenvalue weighted by Crippen LogP contribution is -2.22. The molecule has 1 aliphatic heterocycles. The molecule has 0 bridgehead atoms. The van der Waals surface area contributed by atoms with Gasteiger partial charge in [0.15, 0.2) is 17.6 Å². The predicted molar refractivity (Wildman–Crippen MR) is 70.1 cm³/mol. The van der Waals surface area contributed by atoms with Crippen molar-refractivity contribution in [2.75, 3.05) is 13.2 Å². The summed E-state index contributed by atoms with van der Waals surface area (Å²) < 4.78 is 16.5. The first-order chi connectivity index (χ1) is 9.86. The molecule has 1 aliphatic rings.